The third kappa shape index (κ3) is 3.26. The molecule has 1 aromatic rings. The lowest BCUT2D eigenvalue weighted by Gasteiger charge is -2.28. The molecule has 1 heterocycles. The molecule has 0 radical (unpaired) electrons. The summed E-state index contributed by atoms with van der Waals surface area (Å²) < 4.78 is 12.4. The summed E-state index contributed by atoms with van der Waals surface area (Å²) >= 11 is 0. The molecule has 0 N–H and O–H groups in total. The van der Waals surface area contributed by atoms with Gasteiger partial charge in [-0.1, -0.05) is 6.07 Å². The fraction of sp³-hybridized carbons (Fsp3) is 0.538. The lowest BCUT2D eigenvalue weighted by molar-refractivity contribution is 0.126. The number of rotatable bonds is 2. The topological polar surface area (TPSA) is 18.5 Å². The first-order valence-electron chi connectivity index (χ1n) is 5.99. The summed E-state index contributed by atoms with van der Waals surface area (Å²) in [5, 5.41) is 1.18. The minimum Gasteiger partial charge on any atom is -0.331 e. The Morgan fingerprint density at radius 2 is 2.06 bits per heavy atom. The standard InChI is InChI=1S/C13H21NO2P/c1-11-8-9-15-17(16-11)13-7-5-6-12(10-13)14(2,3)4/h5-7,10-11H,8-9H2,1-4H3/q+1. The number of benzene rings is 1. The average molecular weight is 254 g/mol. The zero-order chi connectivity index (χ0) is 12.5. The van der Waals surface area contributed by atoms with Crippen molar-refractivity contribution in [1.29, 1.82) is 0 Å². The minimum atomic E-state index is -0.880. The van der Waals surface area contributed by atoms with Crippen LogP contribution < -0.4 is 9.79 Å². The second-order valence-corrected chi connectivity index (χ2v) is 6.83. The van der Waals surface area contributed by atoms with Gasteiger partial charge >= 0.3 is 0 Å². The molecule has 2 atom stereocenters. The highest BCUT2D eigenvalue weighted by molar-refractivity contribution is 7.56. The van der Waals surface area contributed by atoms with Gasteiger partial charge in [-0.3, -0.25) is 4.48 Å². The third-order valence-corrected chi connectivity index (χ3v) is 4.49. The van der Waals surface area contributed by atoms with Gasteiger partial charge in [-0.05, 0) is 25.5 Å². The first-order valence-corrected chi connectivity index (χ1v) is 7.16. The van der Waals surface area contributed by atoms with Crippen molar-refractivity contribution in [2.45, 2.75) is 19.4 Å². The van der Waals surface area contributed by atoms with E-state index in [-0.39, 0.29) is 0 Å². The van der Waals surface area contributed by atoms with E-state index in [1.54, 1.807) is 0 Å². The van der Waals surface area contributed by atoms with Gasteiger partial charge in [0.15, 0.2) is 0 Å². The molecule has 0 aliphatic carbocycles. The molecule has 0 bridgehead atoms. The van der Waals surface area contributed by atoms with Crippen LogP contribution in [0.3, 0.4) is 0 Å². The first kappa shape index (κ1) is 13.0. The molecule has 0 amide bonds. The Kier molecular flexibility index (Phi) is 3.84. The number of hydrogen-bond acceptors (Lipinski definition) is 2. The predicted molar refractivity (Wildman–Crippen MR) is 73.7 cm³/mol. The van der Waals surface area contributed by atoms with E-state index >= 15 is 0 Å². The minimum absolute atomic E-state index is 0.308. The molecule has 2 unspecified atom stereocenters. The highest BCUT2D eigenvalue weighted by Crippen LogP contribution is 2.43. The Labute approximate surface area is 105 Å². The van der Waals surface area contributed by atoms with Crippen molar-refractivity contribution < 1.29 is 9.05 Å². The van der Waals surface area contributed by atoms with Crippen LogP contribution in [0.4, 0.5) is 5.69 Å². The fourth-order valence-corrected chi connectivity index (χ4v) is 3.19. The Bertz CT molecular complexity index is 389. The first-order chi connectivity index (χ1) is 7.97. The number of quaternary nitrogens is 1. The third-order valence-electron chi connectivity index (χ3n) is 2.82. The van der Waals surface area contributed by atoms with E-state index in [9.17, 15) is 0 Å². The van der Waals surface area contributed by atoms with Gasteiger partial charge in [-0.15, -0.1) is 0 Å². The van der Waals surface area contributed by atoms with Gasteiger partial charge in [0.05, 0.1) is 33.9 Å². The van der Waals surface area contributed by atoms with Crippen molar-refractivity contribution in [3.63, 3.8) is 0 Å². The van der Waals surface area contributed by atoms with Crippen LogP contribution in [0.25, 0.3) is 0 Å². The van der Waals surface area contributed by atoms with E-state index in [1.807, 2.05) is 0 Å². The molecule has 4 heteroatoms. The monoisotopic (exact) mass is 254 g/mol. The van der Waals surface area contributed by atoms with Crippen LogP contribution in [-0.4, -0.2) is 33.9 Å². The van der Waals surface area contributed by atoms with Crippen LogP contribution in [0, 0.1) is 0 Å². The van der Waals surface area contributed by atoms with Crippen LogP contribution in [0.1, 0.15) is 13.3 Å². The highest BCUT2D eigenvalue weighted by Gasteiger charge is 2.24. The maximum Gasteiger partial charge on any atom is 0.205 e. The molecular weight excluding hydrogens is 233 g/mol. The van der Waals surface area contributed by atoms with Crippen molar-refractivity contribution in [1.82, 2.24) is 4.48 Å². The molecule has 0 saturated carbocycles. The average Bonchev–Trinajstić information content (AvgIpc) is 2.28. The fourth-order valence-electron chi connectivity index (χ4n) is 1.71. The van der Waals surface area contributed by atoms with Crippen LogP contribution >= 0.6 is 8.38 Å². The van der Waals surface area contributed by atoms with Crippen LogP contribution in [0.15, 0.2) is 24.3 Å². The highest BCUT2D eigenvalue weighted by atomic mass is 31.2. The molecule has 1 aliphatic rings. The van der Waals surface area contributed by atoms with Crippen molar-refractivity contribution in [3.8, 4) is 0 Å². The van der Waals surface area contributed by atoms with Crippen molar-refractivity contribution in [2.75, 3.05) is 27.7 Å². The van der Waals surface area contributed by atoms with E-state index in [4.69, 9.17) is 9.05 Å². The predicted octanol–water partition coefficient (Wildman–Crippen LogP) is 2.65. The molecular formula is C13H21NO2P+. The van der Waals surface area contributed by atoms with Crippen molar-refractivity contribution in [3.05, 3.63) is 24.3 Å². The van der Waals surface area contributed by atoms with Crippen molar-refractivity contribution in [2.24, 2.45) is 0 Å². The van der Waals surface area contributed by atoms with Gasteiger partial charge in [-0.25, -0.2) is 0 Å². The summed E-state index contributed by atoms with van der Waals surface area (Å²) in [7, 11) is 5.61. The summed E-state index contributed by atoms with van der Waals surface area (Å²) in [6.07, 6.45) is 1.30. The van der Waals surface area contributed by atoms with E-state index in [0.717, 1.165) is 17.5 Å². The molecule has 1 fully saturated rings. The lowest BCUT2D eigenvalue weighted by atomic mass is 10.3. The SMILES string of the molecule is CC1CCOP(c2cccc([N+](C)(C)C)c2)O1. The van der Waals surface area contributed by atoms with E-state index in [2.05, 4.69) is 52.3 Å². The summed E-state index contributed by atoms with van der Waals surface area (Å²) in [5.74, 6) is 0. The smallest absolute Gasteiger partial charge is 0.205 e. The van der Waals surface area contributed by atoms with Crippen molar-refractivity contribution >= 4 is 19.4 Å². The Morgan fingerprint density at radius 3 is 2.71 bits per heavy atom. The molecule has 3 nitrogen and oxygen atoms in total. The van der Waals surface area contributed by atoms with E-state index < -0.39 is 8.38 Å². The molecule has 1 saturated heterocycles. The largest absolute Gasteiger partial charge is 0.331 e. The summed E-state index contributed by atoms with van der Waals surface area (Å²) in [4.78, 5) is 0. The summed E-state index contributed by atoms with van der Waals surface area (Å²) in [6, 6.07) is 8.53. The molecule has 1 aromatic carbocycles. The molecule has 2 rings (SSSR count). The molecule has 1 aliphatic heterocycles. The molecule has 0 aromatic heterocycles. The number of nitrogens with zero attached hydrogens (tertiary/aromatic N) is 1. The van der Waals surface area contributed by atoms with Gasteiger partial charge in [0, 0.05) is 11.4 Å². The molecule has 94 valence electrons. The van der Waals surface area contributed by atoms with Crippen LogP contribution in [0.2, 0.25) is 0 Å². The summed E-state index contributed by atoms with van der Waals surface area (Å²) in [5.41, 5.74) is 1.27. The van der Waals surface area contributed by atoms with Crippen LogP contribution in [-0.2, 0) is 9.05 Å². The lowest BCUT2D eigenvalue weighted by Crippen LogP contribution is -2.35. The van der Waals surface area contributed by atoms with Gasteiger partial charge in [0.25, 0.3) is 0 Å². The molecule has 0 spiro atoms. The Hall–Kier alpha value is -0.470. The van der Waals surface area contributed by atoms with Gasteiger partial charge in [0.2, 0.25) is 8.38 Å². The zero-order valence-corrected chi connectivity index (χ0v) is 11.9. The normalized spacial score (nSPS) is 25.9. The number of hydrogen-bond donors (Lipinski definition) is 0. The molecule has 17 heavy (non-hydrogen) atoms. The van der Waals surface area contributed by atoms with Crippen LogP contribution in [0.5, 0.6) is 0 Å². The Morgan fingerprint density at radius 1 is 1.29 bits per heavy atom. The quantitative estimate of drug-likeness (QED) is 0.596. The maximum atomic E-state index is 5.88. The van der Waals surface area contributed by atoms with E-state index in [1.165, 1.54) is 11.0 Å². The Balaban J connectivity index is 2.21. The zero-order valence-electron chi connectivity index (χ0n) is 11.0. The van der Waals surface area contributed by atoms with E-state index in [0.29, 0.717) is 6.10 Å². The van der Waals surface area contributed by atoms with Gasteiger partial charge in [-0.2, -0.15) is 0 Å². The summed E-state index contributed by atoms with van der Waals surface area (Å²) in [6.45, 7) is 2.92. The van der Waals surface area contributed by atoms with Gasteiger partial charge < -0.3 is 9.05 Å². The maximum absolute atomic E-state index is 5.88. The van der Waals surface area contributed by atoms with Gasteiger partial charge in [0.1, 0.15) is 5.69 Å². The second kappa shape index (κ2) is 5.03. The second-order valence-electron chi connectivity index (χ2n) is 5.33.